The number of hydrogen-bond acceptors (Lipinski definition) is 6. The Morgan fingerprint density at radius 2 is 2.38 bits per heavy atom. The fourth-order valence-electron chi connectivity index (χ4n) is 2.54. The van der Waals surface area contributed by atoms with Gasteiger partial charge in [-0.25, -0.2) is 9.97 Å². The van der Waals surface area contributed by atoms with E-state index in [0.717, 1.165) is 21.0 Å². The van der Waals surface area contributed by atoms with Crippen molar-refractivity contribution in [2.24, 2.45) is 5.73 Å². The lowest BCUT2D eigenvalue weighted by Crippen LogP contribution is -2.30. The Morgan fingerprint density at radius 3 is 3.00 bits per heavy atom. The number of thiazole rings is 1. The van der Waals surface area contributed by atoms with Crippen LogP contribution in [0.2, 0.25) is 0 Å². The van der Waals surface area contributed by atoms with Gasteiger partial charge in [-0.2, -0.15) is 8.78 Å². The van der Waals surface area contributed by atoms with E-state index in [9.17, 15) is 13.6 Å². The van der Waals surface area contributed by atoms with Crippen molar-refractivity contribution in [3.05, 3.63) is 28.5 Å². The molecule has 0 spiro atoms. The van der Waals surface area contributed by atoms with Crippen LogP contribution < -0.4 is 10.5 Å². The van der Waals surface area contributed by atoms with E-state index in [1.807, 2.05) is 6.92 Å². The fourth-order valence-corrected chi connectivity index (χ4v) is 3.36. The highest BCUT2D eigenvalue weighted by Crippen LogP contribution is 2.37. The summed E-state index contributed by atoms with van der Waals surface area (Å²) in [5.74, 6) is -0.448. The van der Waals surface area contributed by atoms with E-state index >= 15 is 0 Å². The van der Waals surface area contributed by atoms with Crippen molar-refractivity contribution in [2.45, 2.75) is 32.5 Å². The third-order valence-corrected chi connectivity index (χ3v) is 4.57. The molecule has 2 aromatic rings. The molecule has 0 fully saturated rings. The van der Waals surface area contributed by atoms with Gasteiger partial charge in [0.2, 0.25) is 5.88 Å². The second-order valence-electron chi connectivity index (χ2n) is 5.32. The maximum absolute atomic E-state index is 12.2. The summed E-state index contributed by atoms with van der Waals surface area (Å²) < 4.78 is 34.3. The van der Waals surface area contributed by atoms with Gasteiger partial charge in [0, 0.05) is 17.3 Å². The highest BCUT2D eigenvalue weighted by molar-refractivity contribution is 7.15. The molecule has 2 N–H and O–H groups in total. The minimum atomic E-state index is -2.85. The van der Waals surface area contributed by atoms with Gasteiger partial charge < -0.3 is 15.2 Å². The molecular weight excluding hydrogens is 340 g/mol. The number of pyridine rings is 1. The summed E-state index contributed by atoms with van der Waals surface area (Å²) in [4.78, 5) is 20.8. The Hall–Kier alpha value is -2.13. The zero-order valence-electron chi connectivity index (χ0n) is 12.8. The number of alkyl halides is 2. The van der Waals surface area contributed by atoms with Gasteiger partial charge in [-0.3, -0.25) is 4.79 Å². The van der Waals surface area contributed by atoms with E-state index < -0.39 is 18.6 Å². The van der Waals surface area contributed by atoms with Crippen molar-refractivity contribution >= 4 is 17.2 Å². The molecule has 0 unspecified atom stereocenters. The van der Waals surface area contributed by atoms with Gasteiger partial charge >= 0.3 is 6.61 Å². The second kappa shape index (κ2) is 6.78. The SMILES string of the molecule is Cc1ncc(-c2cc(C(N)=O)nc3c2CC[C@H](COC(F)F)O3)s1. The van der Waals surface area contributed by atoms with Gasteiger partial charge in [-0.15, -0.1) is 11.3 Å². The highest BCUT2D eigenvalue weighted by Gasteiger charge is 2.27. The maximum atomic E-state index is 12.2. The summed E-state index contributed by atoms with van der Waals surface area (Å²) in [6, 6.07) is 1.62. The number of halogens is 2. The lowest BCUT2D eigenvalue weighted by molar-refractivity contribution is -0.146. The minimum absolute atomic E-state index is 0.0604. The van der Waals surface area contributed by atoms with E-state index in [-0.39, 0.29) is 18.2 Å². The van der Waals surface area contributed by atoms with Crippen LogP contribution in [0.25, 0.3) is 10.4 Å². The van der Waals surface area contributed by atoms with Gasteiger partial charge in [0.25, 0.3) is 5.91 Å². The summed E-state index contributed by atoms with van der Waals surface area (Å²) in [5.41, 5.74) is 7.00. The molecule has 2 aromatic heterocycles. The molecule has 3 heterocycles. The average molecular weight is 355 g/mol. The molecule has 3 rings (SSSR count). The van der Waals surface area contributed by atoms with Crippen LogP contribution in [0.5, 0.6) is 5.88 Å². The van der Waals surface area contributed by atoms with Gasteiger partial charge in [-0.1, -0.05) is 0 Å². The minimum Gasteiger partial charge on any atom is -0.472 e. The Kier molecular flexibility index (Phi) is 4.72. The largest absolute Gasteiger partial charge is 0.472 e. The summed E-state index contributed by atoms with van der Waals surface area (Å²) in [6.07, 6.45) is 2.26. The fraction of sp³-hybridized carbons (Fsp3) is 0.400. The molecule has 1 aliphatic heterocycles. The number of rotatable bonds is 5. The molecule has 1 amide bonds. The van der Waals surface area contributed by atoms with Crippen molar-refractivity contribution in [3.8, 4) is 16.3 Å². The number of carbonyl (C=O) groups is 1. The number of nitrogens with zero attached hydrogens (tertiary/aromatic N) is 2. The molecule has 128 valence electrons. The third-order valence-electron chi connectivity index (χ3n) is 3.63. The molecule has 0 aromatic carbocycles. The van der Waals surface area contributed by atoms with Crippen LogP contribution in [-0.2, 0) is 11.2 Å². The highest BCUT2D eigenvalue weighted by atomic mass is 32.1. The first-order valence-corrected chi connectivity index (χ1v) is 8.08. The monoisotopic (exact) mass is 355 g/mol. The van der Waals surface area contributed by atoms with Gasteiger partial charge in [0.05, 0.1) is 16.5 Å². The zero-order chi connectivity index (χ0) is 17.3. The van der Waals surface area contributed by atoms with Gasteiger partial charge in [0.15, 0.2) is 0 Å². The first-order valence-electron chi connectivity index (χ1n) is 7.27. The predicted octanol–water partition coefficient (Wildman–Crippen LogP) is 2.55. The summed E-state index contributed by atoms with van der Waals surface area (Å²) in [6.45, 7) is -1.21. The number of ether oxygens (including phenoxy) is 2. The number of amides is 1. The van der Waals surface area contributed by atoms with Crippen LogP contribution in [0.1, 0.15) is 27.5 Å². The van der Waals surface area contributed by atoms with Crippen molar-refractivity contribution in [1.29, 1.82) is 0 Å². The van der Waals surface area contributed by atoms with Crippen LogP contribution in [-0.4, -0.2) is 35.2 Å². The lowest BCUT2D eigenvalue weighted by atomic mass is 9.98. The maximum Gasteiger partial charge on any atom is 0.345 e. The smallest absolute Gasteiger partial charge is 0.345 e. The average Bonchev–Trinajstić information content (AvgIpc) is 2.97. The predicted molar refractivity (Wildman–Crippen MR) is 83.3 cm³/mol. The topological polar surface area (TPSA) is 87.3 Å². The van der Waals surface area contributed by atoms with Crippen LogP contribution >= 0.6 is 11.3 Å². The van der Waals surface area contributed by atoms with Crippen LogP contribution in [0.15, 0.2) is 12.3 Å². The van der Waals surface area contributed by atoms with Crippen molar-refractivity contribution in [3.63, 3.8) is 0 Å². The van der Waals surface area contributed by atoms with E-state index in [4.69, 9.17) is 10.5 Å². The Labute approximate surface area is 140 Å². The number of carbonyl (C=O) groups excluding carboxylic acids is 1. The molecule has 24 heavy (non-hydrogen) atoms. The number of primary amides is 1. The van der Waals surface area contributed by atoms with Gasteiger partial charge in [0.1, 0.15) is 11.8 Å². The summed E-state index contributed by atoms with van der Waals surface area (Å²) in [7, 11) is 0. The molecule has 6 nitrogen and oxygen atoms in total. The molecule has 1 aliphatic rings. The molecule has 0 bridgehead atoms. The van der Waals surface area contributed by atoms with E-state index in [2.05, 4.69) is 14.7 Å². The molecule has 0 saturated heterocycles. The Balaban J connectivity index is 1.96. The molecule has 0 radical (unpaired) electrons. The molecule has 0 aliphatic carbocycles. The number of fused-ring (bicyclic) bond motifs is 1. The molecular formula is C15H15F2N3O3S. The Morgan fingerprint density at radius 1 is 1.58 bits per heavy atom. The Bertz CT molecular complexity index is 766. The van der Waals surface area contributed by atoms with E-state index in [1.165, 1.54) is 11.3 Å². The van der Waals surface area contributed by atoms with Crippen LogP contribution in [0.3, 0.4) is 0 Å². The molecule has 1 atom stereocenters. The quantitative estimate of drug-likeness (QED) is 0.891. The first-order chi connectivity index (χ1) is 11.4. The van der Waals surface area contributed by atoms with Crippen LogP contribution in [0.4, 0.5) is 8.78 Å². The standard InChI is InChI=1S/C15H15F2N3O3S/c1-7-19-5-12(24-7)10-4-11(13(18)21)20-14-9(10)3-2-8(23-14)6-22-15(16)17/h4-5,8,15H,2-3,6H2,1H3,(H2,18,21)/t8-/m1/s1. The summed E-state index contributed by atoms with van der Waals surface area (Å²) >= 11 is 1.48. The lowest BCUT2D eigenvalue weighted by Gasteiger charge is -2.26. The second-order valence-corrected chi connectivity index (χ2v) is 6.55. The van der Waals surface area contributed by atoms with E-state index in [1.54, 1.807) is 12.3 Å². The van der Waals surface area contributed by atoms with Gasteiger partial charge in [-0.05, 0) is 25.8 Å². The number of hydrogen-bond donors (Lipinski definition) is 1. The number of nitrogens with two attached hydrogens (primary N) is 1. The summed E-state index contributed by atoms with van der Waals surface area (Å²) in [5, 5.41) is 0.885. The molecule has 0 saturated carbocycles. The van der Waals surface area contributed by atoms with Crippen molar-refractivity contribution in [1.82, 2.24) is 9.97 Å². The number of aromatic nitrogens is 2. The van der Waals surface area contributed by atoms with Crippen LogP contribution in [0, 0.1) is 6.92 Å². The van der Waals surface area contributed by atoms with E-state index in [0.29, 0.717) is 12.8 Å². The normalized spacial score (nSPS) is 16.8. The first kappa shape index (κ1) is 16.7. The van der Waals surface area contributed by atoms with Crippen molar-refractivity contribution < 1.29 is 23.0 Å². The van der Waals surface area contributed by atoms with Crippen molar-refractivity contribution in [2.75, 3.05) is 6.61 Å². The third kappa shape index (κ3) is 3.51. The number of aryl methyl sites for hydroxylation is 1. The zero-order valence-corrected chi connectivity index (χ0v) is 13.6. The molecule has 9 heteroatoms.